The summed E-state index contributed by atoms with van der Waals surface area (Å²) in [5.74, 6) is -1.18. The van der Waals surface area contributed by atoms with E-state index in [1.165, 1.54) is 0 Å². The van der Waals surface area contributed by atoms with Crippen molar-refractivity contribution in [2.75, 3.05) is 19.8 Å². The van der Waals surface area contributed by atoms with Gasteiger partial charge in [-0.3, -0.25) is 4.79 Å². The highest BCUT2D eigenvalue weighted by atomic mass is 16.5. The van der Waals surface area contributed by atoms with Gasteiger partial charge in [0.15, 0.2) is 0 Å². The molecule has 1 unspecified atom stereocenters. The predicted molar refractivity (Wildman–Crippen MR) is 64.8 cm³/mol. The average Bonchev–Trinajstić information content (AvgIpc) is 2.28. The highest BCUT2D eigenvalue weighted by molar-refractivity contribution is 5.78. The summed E-state index contributed by atoms with van der Waals surface area (Å²) in [6.07, 6.45) is 2.86. The molecule has 0 aliphatic carbocycles. The second kappa shape index (κ2) is 8.98. The highest BCUT2D eigenvalue weighted by Gasteiger charge is 2.18. The minimum absolute atomic E-state index is 0.131. The number of hydrogen-bond acceptors (Lipinski definition) is 3. The maximum absolute atomic E-state index is 11.8. The summed E-state index contributed by atoms with van der Waals surface area (Å²) in [5, 5.41) is 8.41. The van der Waals surface area contributed by atoms with Gasteiger partial charge in [0.05, 0.1) is 0 Å². The Hall–Kier alpha value is -1.10. The van der Waals surface area contributed by atoms with Crippen LogP contribution in [0.3, 0.4) is 0 Å². The van der Waals surface area contributed by atoms with E-state index in [1.807, 2.05) is 13.8 Å². The standard InChI is InChI=1S/C12H23NO4/c1-4-6-7-13(10(3)5-2)11(14)8-17-9-12(15)16/h10H,4-9H2,1-3H3,(H,15,16). The van der Waals surface area contributed by atoms with Gasteiger partial charge in [-0.1, -0.05) is 20.3 Å². The average molecular weight is 245 g/mol. The first-order chi connectivity index (χ1) is 8.02. The van der Waals surface area contributed by atoms with Crippen molar-refractivity contribution >= 4 is 11.9 Å². The van der Waals surface area contributed by atoms with Crippen LogP contribution in [0.15, 0.2) is 0 Å². The SMILES string of the molecule is CCCCN(C(=O)COCC(=O)O)C(C)CC. The lowest BCUT2D eigenvalue weighted by Gasteiger charge is -2.28. The summed E-state index contributed by atoms with van der Waals surface area (Å²) in [6.45, 7) is 6.22. The highest BCUT2D eigenvalue weighted by Crippen LogP contribution is 2.06. The van der Waals surface area contributed by atoms with Crippen LogP contribution in [-0.4, -0.2) is 47.7 Å². The molecule has 100 valence electrons. The Morgan fingerprint density at radius 1 is 1.29 bits per heavy atom. The molecule has 0 heterocycles. The molecule has 0 radical (unpaired) electrons. The molecule has 0 aliphatic heterocycles. The van der Waals surface area contributed by atoms with E-state index < -0.39 is 12.6 Å². The second-order valence-electron chi connectivity index (χ2n) is 4.08. The summed E-state index contributed by atoms with van der Waals surface area (Å²) in [5.41, 5.74) is 0. The number of carbonyl (C=O) groups excluding carboxylic acids is 1. The Balaban J connectivity index is 4.16. The molecule has 0 saturated heterocycles. The Morgan fingerprint density at radius 2 is 1.94 bits per heavy atom. The predicted octanol–water partition coefficient (Wildman–Crippen LogP) is 1.51. The molecule has 0 aromatic carbocycles. The largest absolute Gasteiger partial charge is 0.480 e. The molecule has 1 N–H and O–H groups in total. The fourth-order valence-electron chi connectivity index (χ4n) is 1.45. The Morgan fingerprint density at radius 3 is 2.41 bits per heavy atom. The van der Waals surface area contributed by atoms with E-state index in [2.05, 4.69) is 6.92 Å². The van der Waals surface area contributed by atoms with Crippen LogP contribution in [-0.2, 0) is 14.3 Å². The molecule has 5 nitrogen and oxygen atoms in total. The lowest BCUT2D eigenvalue weighted by Crippen LogP contribution is -2.41. The van der Waals surface area contributed by atoms with E-state index in [-0.39, 0.29) is 18.6 Å². The van der Waals surface area contributed by atoms with Gasteiger partial charge in [0.25, 0.3) is 0 Å². The minimum atomic E-state index is -1.05. The first kappa shape index (κ1) is 15.9. The van der Waals surface area contributed by atoms with Crippen LogP contribution < -0.4 is 0 Å². The zero-order valence-electron chi connectivity index (χ0n) is 10.9. The number of aliphatic carboxylic acids is 1. The molecule has 1 amide bonds. The van der Waals surface area contributed by atoms with Gasteiger partial charge in [-0.05, 0) is 19.8 Å². The van der Waals surface area contributed by atoms with Crippen LogP contribution in [0.5, 0.6) is 0 Å². The van der Waals surface area contributed by atoms with E-state index in [0.717, 1.165) is 19.3 Å². The number of carboxylic acids is 1. The van der Waals surface area contributed by atoms with Crippen LogP contribution in [0.25, 0.3) is 0 Å². The van der Waals surface area contributed by atoms with Crippen LogP contribution >= 0.6 is 0 Å². The van der Waals surface area contributed by atoms with Gasteiger partial charge in [0.1, 0.15) is 13.2 Å². The van der Waals surface area contributed by atoms with Crippen molar-refractivity contribution in [2.24, 2.45) is 0 Å². The number of amides is 1. The molecule has 0 bridgehead atoms. The molecule has 0 spiro atoms. The summed E-state index contributed by atoms with van der Waals surface area (Å²) in [6, 6.07) is 0.169. The summed E-state index contributed by atoms with van der Waals surface area (Å²) < 4.78 is 4.82. The van der Waals surface area contributed by atoms with Crippen molar-refractivity contribution in [1.82, 2.24) is 4.90 Å². The van der Waals surface area contributed by atoms with Crippen molar-refractivity contribution in [3.05, 3.63) is 0 Å². The van der Waals surface area contributed by atoms with E-state index in [9.17, 15) is 9.59 Å². The minimum Gasteiger partial charge on any atom is -0.480 e. The van der Waals surface area contributed by atoms with Gasteiger partial charge in [-0.15, -0.1) is 0 Å². The monoisotopic (exact) mass is 245 g/mol. The molecule has 0 saturated carbocycles. The molecule has 5 heteroatoms. The summed E-state index contributed by atoms with van der Waals surface area (Å²) >= 11 is 0. The molecule has 0 rings (SSSR count). The van der Waals surface area contributed by atoms with Gasteiger partial charge in [0.2, 0.25) is 5.91 Å². The van der Waals surface area contributed by atoms with E-state index in [1.54, 1.807) is 4.90 Å². The van der Waals surface area contributed by atoms with Crippen LogP contribution in [0.2, 0.25) is 0 Å². The number of ether oxygens (including phenoxy) is 1. The molecule has 0 fully saturated rings. The number of carboxylic acid groups (broad SMARTS) is 1. The number of unbranched alkanes of at least 4 members (excludes halogenated alkanes) is 1. The van der Waals surface area contributed by atoms with Gasteiger partial charge >= 0.3 is 5.97 Å². The zero-order chi connectivity index (χ0) is 13.3. The maximum Gasteiger partial charge on any atom is 0.329 e. The van der Waals surface area contributed by atoms with Gasteiger partial charge in [0, 0.05) is 12.6 Å². The Bertz CT molecular complexity index is 243. The maximum atomic E-state index is 11.8. The van der Waals surface area contributed by atoms with Crippen LogP contribution in [0.4, 0.5) is 0 Å². The third-order valence-corrected chi connectivity index (χ3v) is 2.65. The Labute approximate surface area is 103 Å². The lowest BCUT2D eigenvalue weighted by atomic mass is 10.2. The van der Waals surface area contributed by atoms with Crippen LogP contribution in [0.1, 0.15) is 40.0 Å². The summed E-state index contributed by atoms with van der Waals surface area (Å²) in [7, 11) is 0. The van der Waals surface area contributed by atoms with Gasteiger partial charge in [-0.2, -0.15) is 0 Å². The van der Waals surface area contributed by atoms with Gasteiger partial charge < -0.3 is 14.7 Å². The third-order valence-electron chi connectivity index (χ3n) is 2.65. The molecule has 17 heavy (non-hydrogen) atoms. The van der Waals surface area contributed by atoms with Crippen molar-refractivity contribution in [3.63, 3.8) is 0 Å². The first-order valence-corrected chi connectivity index (χ1v) is 6.11. The number of carbonyl (C=O) groups is 2. The molecule has 0 aromatic rings. The van der Waals surface area contributed by atoms with E-state index >= 15 is 0 Å². The number of nitrogens with zero attached hydrogens (tertiary/aromatic N) is 1. The van der Waals surface area contributed by atoms with Crippen molar-refractivity contribution in [3.8, 4) is 0 Å². The molecular weight excluding hydrogens is 222 g/mol. The van der Waals surface area contributed by atoms with E-state index in [4.69, 9.17) is 9.84 Å². The Kier molecular flexibility index (Phi) is 8.40. The lowest BCUT2D eigenvalue weighted by molar-refractivity contribution is -0.146. The van der Waals surface area contributed by atoms with Crippen LogP contribution in [0, 0.1) is 0 Å². The van der Waals surface area contributed by atoms with Crippen molar-refractivity contribution in [2.45, 2.75) is 46.1 Å². The fourth-order valence-corrected chi connectivity index (χ4v) is 1.45. The smallest absolute Gasteiger partial charge is 0.329 e. The second-order valence-corrected chi connectivity index (χ2v) is 4.08. The molecule has 1 atom stereocenters. The molecule has 0 aliphatic rings. The quantitative estimate of drug-likeness (QED) is 0.668. The zero-order valence-corrected chi connectivity index (χ0v) is 10.9. The fraction of sp³-hybridized carbons (Fsp3) is 0.833. The normalized spacial score (nSPS) is 12.2. The topological polar surface area (TPSA) is 66.8 Å². The van der Waals surface area contributed by atoms with Gasteiger partial charge in [-0.25, -0.2) is 4.79 Å². The van der Waals surface area contributed by atoms with Crippen molar-refractivity contribution < 1.29 is 19.4 Å². The van der Waals surface area contributed by atoms with Crippen molar-refractivity contribution in [1.29, 1.82) is 0 Å². The molecule has 0 aromatic heterocycles. The third kappa shape index (κ3) is 6.94. The number of hydrogen-bond donors (Lipinski definition) is 1. The first-order valence-electron chi connectivity index (χ1n) is 6.11. The molecular formula is C12H23NO4. The van der Waals surface area contributed by atoms with E-state index in [0.29, 0.717) is 6.54 Å². The summed E-state index contributed by atoms with van der Waals surface area (Å²) in [4.78, 5) is 23.9. The number of rotatable bonds is 9.